The Balaban J connectivity index is 1.54. The maximum Gasteiger partial charge on any atom is 0.265 e. The van der Waals surface area contributed by atoms with Crippen molar-refractivity contribution in [3.8, 4) is 11.5 Å². The summed E-state index contributed by atoms with van der Waals surface area (Å²) in [6, 6.07) is 20.7. The van der Waals surface area contributed by atoms with E-state index in [1.54, 1.807) is 6.07 Å². The Bertz CT molecular complexity index is 1330. The monoisotopic (exact) mass is 404 g/mol. The summed E-state index contributed by atoms with van der Waals surface area (Å²) in [5.41, 5.74) is 2.88. The van der Waals surface area contributed by atoms with E-state index in [0.29, 0.717) is 32.6 Å². The molecule has 6 heteroatoms. The minimum atomic E-state index is -0.137. The van der Waals surface area contributed by atoms with E-state index in [0.717, 1.165) is 16.3 Å². The second-order valence-corrected chi connectivity index (χ2v) is 7.63. The highest BCUT2D eigenvalue weighted by atomic mass is 35.5. The molecule has 5 aromatic rings. The number of aromatic nitrogens is 1. The standard InChI is InChI=1S/C22H13ClN2O2S/c23-17-7-2-4-14-15(17)5-1-6-16(14)22-25-18-12-13(9-10-19(18)27-22)24-21(26)20-8-3-11-28-20/h1-12H,(H,24,26). The van der Waals surface area contributed by atoms with Crippen LogP contribution in [0.2, 0.25) is 5.02 Å². The van der Waals surface area contributed by atoms with Crippen LogP contribution in [0.3, 0.4) is 0 Å². The van der Waals surface area contributed by atoms with Gasteiger partial charge in [0.1, 0.15) is 5.52 Å². The highest BCUT2D eigenvalue weighted by Gasteiger charge is 2.14. The fraction of sp³-hybridized carbons (Fsp3) is 0. The number of thiophene rings is 1. The van der Waals surface area contributed by atoms with Gasteiger partial charge in [-0.2, -0.15) is 0 Å². The third-order valence-corrected chi connectivity index (χ3v) is 5.69. The molecule has 0 bridgehead atoms. The Morgan fingerprint density at radius 1 is 1.00 bits per heavy atom. The minimum absolute atomic E-state index is 0.137. The van der Waals surface area contributed by atoms with Gasteiger partial charge in [-0.25, -0.2) is 4.98 Å². The molecule has 0 aliphatic rings. The van der Waals surface area contributed by atoms with Gasteiger partial charge in [-0.15, -0.1) is 11.3 Å². The molecule has 0 saturated heterocycles. The third kappa shape index (κ3) is 2.95. The number of hydrogen-bond donors (Lipinski definition) is 1. The average Bonchev–Trinajstić information content (AvgIpc) is 3.37. The van der Waals surface area contributed by atoms with Crippen LogP contribution in [0.4, 0.5) is 5.69 Å². The molecule has 4 nitrogen and oxygen atoms in total. The fourth-order valence-corrected chi connectivity index (χ4v) is 4.04. The van der Waals surface area contributed by atoms with Gasteiger partial charge in [0.15, 0.2) is 5.58 Å². The van der Waals surface area contributed by atoms with Gasteiger partial charge in [-0.1, -0.05) is 41.9 Å². The fourth-order valence-electron chi connectivity index (χ4n) is 3.18. The third-order valence-electron chi connectivity index (χ3n) is 4.49. The van der Waals surface area contributed by atoms with Crippen LogP contribution in [0.5, 0.6) is 0 Å². The van der Waals surface area contributed by atoms with Crippen molar-refractivity contribution in [1.29, 1.82) is 0 Å². The van der Waals surface area contributed by atoms with Gasteiger partial charge in [0.25, 0.3) is 5.91 Å². The van der Waals surface area contributed by atoms with E-state index in [9.17, 15) is 4.79 Å². The van der Waals surface area contributed by atoms with E-state index in [1.165, 1.54) is 11.3 Å². The van der Waals surface area contributed by atoms with Crippen LogP contribution in [0.25, 0.3) is 33.3 Å². The molecule has 1 amide bonds. The molecule has 0 spiro atoms. The van der Waals surface area contributed by atoms with Crippen LogP contribution < -0.4 is 5.32 Å². The number of halogens is 1. The van der Waals surface area contributed by atoms with E-state index in [1.807, 2.05) is 66.0 Å². The molecular formula is C22H13ClN2O2S. The van der Waals surface area contributed by atoms with Gasteiger partial charge in [0, 0.05) is 21.7 Å². The molecule has 0 unspecified atom stereocenters. The molecule has 0 aliphatic heterocycles. The predicted octanol–water partition coefficient (Wildman–Crippen LogP) is 6.62. The van der Waals surface area contributed by atoms with E-state index < -0.39 is 0 Å². The summed E-state index contributed by atoms with van der Waals surface area (Å²) >= 11 is 7.72. The zero-order valence-electron chi connectivity index (χ0n) is 14.5. The lowest BCUT2D eigenvalue weighted by Gasteiger charge is -2.04. The zero-order chi connectivity index (χ0) is 19.1. The lowest BCUT2D eigenvalue weighted by molar-refractivity contribution is 0.103. The van der Waals surface area contributed by atoms with Crippen molar-refractivity contribution >= 4 is 56.4 Å². The Kier molecular flexibility index (Phi) is 4.11. The summed E-state index contributed by atoms with van der Waals surface area (Å²) in [7, 11) is 0. The molecule has 2 heterocycles. The zero-order valence-corrected chi connectivity index (χ0v) is 16.1. The molecule has 1 N–H and O–H groups in total. The molecule has 2 aromatic heterocycles. The summed E-state index contributed by atoms with van der Waals surface area (Å²) in [5, 5.41) is 7.39. The van der Waals surface area contributed by atoms with E-state index in [-0.39, 0.29) is 5.91 Å². The quantitative estimate of drug-likeness (QED) is 0.368. The first-order chi connectivity index (χ1) is 13.7. The smallest absolute Gasteiger partial charge is 0.265 e. The predicted molar refractivity (Wildman–Crippen MR) is 114 cm³/mol. The number of rotatable bonds is 3. The lowest BCUT2D eigenvalue weighted by atomic mass is 10.0. The number of hydrogen-bond acceptors (Lipinski definition) is 4. The average molecular weight is 405 g/mol. The van der Waals surface area contributed by atoms with Crippen molar-refractivity contribution < 1.29 is 9.21 Å². The topological polar surface area (TPSA) is 55.1 Å². The lowest BCUT2D eigenvalue weighted by Crippen LogP contribution is -2.09. The van der Waals surface area contributed by atoms with Gasteiger partial charge in [-0.05, 0) is 47.2 Å². The van der Waals surface area contributed by atoms with Crippen molar-refractivity contribution in [1.82, 2.24) is 4.98 Å². The molecule has 0 fully saturated rings. The first kappa shape index (κ1) is 17.0. The molecule has 0 aliphatic carbocycles. The summed E-state index contributed by atoms with van der Waals surface area (Å²) in [6.45, 7) is 0. The summed E-state index contributed by atoms with van der Waals surface area (Å²) in [5.74, 6) is 0.381. The molecule has 136 valence electrons. The van der Waals surface area contributed by atoms with E-state index in [2.05, 4.69) is 10.3 Å². The number of fused-ring (bicyclic) bond motifs is 2. The Morgan fingerprint density at radius 2 is 1.86 bits per heavy atom. The van der Waals surface area contributed by atoms with E-state index in [4.69, 9.17) is 16.0 Å². The molecule has 0 radical (unpaired) electrons. The van der Waals surface area contributed by atoms with Gasteiger partial charge in [0.2, 0.25) is 5.89 Å². The largest absolute Gasteiger partial charge is 0.436 e. The Hall–Kier alpha value is -3.15. The second kappa shape index (κ2) is 6.78. The number of carbonyl (C=O) groups excluding carboxylic acids is 1. The summed E-state index contributed by atoms with van der Waals surface area (Å²) in [4.78, 5) is 17.6. The van der Waals surface area contributed by atoms with Gasteiger partial charge in [0.05, 0.1) is 4.88 Å². The number of nitrogens with one attached hydrogen (secondary N) is 1. The number of nitrogens with zero attached hydrogens (tertiary/aromatic N) is 1. The van der Waals surface area contributed by atoms with Crippen LogP contribution in [-0.2, 0) is 0 Å². The highest BCUT2D eigenvalue weighted by molar-refractivity contribution is 7.12. The molecule has 0 saturated carbocycles. The van der Waals surface area contributed by atoms with Gasteiger partial charge >= 0.3 is 0 Å². The van der Waals surface area contributed by atoms with Crippen molar-refractivity contribution in [3.05, 3.63) is 82.0 Å². The maximum atomic E-state index is 12.3. The van der Waals surface area contributed by atoms with Crippen molar-refractivity contribution in [2.45, 2.75) is 0 Å². The Labute approximate surface area is 169 Å². The number of anilines is 1. The Morgan fingerprint density at radius 3 is 2.71 bits per heavy atom. The number of oxazole rings is 1. The maximum absolute atomic E-state index is 12.3. The van der Waals surface area contributed by atoms with Crippen molar-refractivity contribution in [3.63, 3.8) is 0 Å². The van der Waals surface area contributed by atoms with Crippen LogP contribution >= 0.6 is 22.9 Å². The van der Waals surface area contributed by atoms with Crippen LogP contribution in [0.15, 0.2) is 76.5 Å². The molecular weight excluding hydrogens is 392 g/mol. The van der Waals surface area contributed by atoms with Gasteiger partial charge in [-0.3, -0.25) is 4.79 Å². The number of amides is 1. The highest BCUT2D eigenvalue weighted by Crippen LogP contribution is 2.34. The SMILES string of the molecule is O=C(Nc1ccc2oc(-c3cccc4c(Cl)cccc34)nc2c1)c1cccs1. The molecule has 28 heavy (non-hydrogen) atoms. The first-order valence-electron chi connectivity index (χ1n) is 8.62. The van der Waals surface area contributed by atoms with E-state index >= 15 is 0 Å². The normalized spacial score (nSPS) is 11.2. The summed E-state index contributed by atoms with van der Waals surface area (Å²) < 4.78 is 5.97. The first-order valence-corrected chi connectivity index (χ1v) is 9.88. The van der Waals surface area contributed by atoms with Crippen molar-refractivity contribution in [2.24, 2.45) is 0 Å². The molecule has 0 atom stereocenters. The second-order valence-electron chi connectivity index (χ2n) is 6.27. The van der Waals surface area contributed by atoms with Crippen LogP contribution in [0, 0.1) is 0 Å². The van der Waals surface area contributed by atoms with Crippen LogP contribution in [0.1, 0.15) is 9.67 Å². The molecule has 5 rings (SSSR count). The summed E-state index contributed by atoms with van der Waals surface area (Å²) in [6.07, 6.45) is 0. The number of benzene rings is 3. The van der Waals surface area contributed by atoms with Crippen LogP contribution in [-0.4, -0.2) is 10.9 Å². The number of carbonyl (C=O) groups is 1. The van der Waals surface area contributed by atoms with Crippen molar-refractivity contribution in [2.75, 3.05) is 5.32 Å². The van der Waals surface area contributed by atoms with Gasteiger partial charge < -0.3 is 9.73 Å². The molecule has 3 aromatic carbocycles. The minimum Gasteiger partial charge on any atom is -0.436 e.